The van der Waals surface area contributed by atoms with Gasteiger partial charge in [0.05, 0.1) is 9.50 Å². The van der Waals surface area contributed by atoms with Crippen LogP contribution in [0.5, 0.6) is 5.75 Å². The van der Waals surface area contributed by atoms with E-state index in [4.69, 9.17) is 22.1 Å². The predicted octanol–water partition coefficient (Wildman–Crippen LogP) is 4.71. The third-order valence-corrected chi connectivity index (χ3v) is 3.76. The fourth-order valence-electron chi connectivity index (χ4n) is 1.63. The van der Waals surface area contributed by atoms with Gasteiger partial charge in [0.2, 0.25) is 0 Å². The second-order valence-electron chi connectivity index (χ2n) is 4.12. The maximum atomic E-state index is 13.4. The molecule has 2 rings (SSSR count). The third-order valence-electron chi connectivity index (χ3n) is 2.85. The first-order valence-corrected chi connectivity index (χ1v) is 6.77. The van der Waals surface area contributed by atoms with Crippen molar-refractivity contribution in [1.29, 1.82) is 0 Å². The first-order valence-electron chi connectivity index (χ1n) is 5.60. The number of ether oxygens (including phenoxy) is 1. The molecule has 0 atom stereocenters. The highest BCUT2D eigenvalue weighted by Crippen LogP contribution is 2.31. The summed E-state index contributed by atoms with van der Waals surface area (Å²) in [7, 11) is 0. The number of nitrogen functional groups attached to an aromatic ring is 1. The molecule has 2 aromatic rings. The van der Waals surface area contributed by atoms with Crippen molar-refractivity contribution in [3.63, 3.8) is 0 Å². The molecular weight excluding hydrogens is 333 g/mol. The van der Waals surface area contributed by atoms with Crippen LogP contribution in [-0.4, -0.2) is 0 Å². The number of rotatable bonds is 3. The first-order chi connectivity index (χ1) is 8.99. The average molecular weight is 345 g/mol. The van der Waals surface area contributed by atoms with E-state index in [9.17, 15) is 4.39 Å². The Morgan fingerprint density at radius 3 is 2.84 bits per heavy atom. The Bertz CT molecular complexity index is 619. The molecule has 2 nitrogen and oxygen atoms in total. The number of nitrogens with two attached hydrogens (primary N) is 1. The van der Waals surface area contributed by atoms with Crippen LogP contribution in [-0.2, 0) is 6.61 Å². The number of hydrogen-bond donors (Lipinski definition) is 1. The smallest absolute Gasteiger partial charge is 0.145 e. The quantitative estimate of drug-likeness (QED) is 0.646. The summed E-state index contributed by atoms with van der Waals surface area (Å²) in [4.78, 5) is 0. The molecule has 0 aliphatic carbocycles. The van der Waals surface area contributed by atoms with Gasteiger partial charge in [0.25, 0.3) is 0 Å². The molecule has 100 valence electrons. The van der Waals surface area contributed by atoms with Gasteiger partial charge >= 0.3 is 0 Å². The molecule has 0 radical (unpaired) electrons. The average Bonchev–Trinajstić information content (AvgIpc) is 2.37. The largest absolute Gasteiger partial charge is 0.488 e. The van der Waals surface area contributed by atoms with Crippen LogP contribution in [0.3, 0.4) is 0 Å². The number of benzene rings is 2. The molecule has 19 heavy (non-hydrogen) atoms. The monoisotopic (exact) mass is 343 g/mol. The summed E-state index contributed by atoms with van der Waals surface area (Å²) in [5.74, 6) is -0.104. The Hall–Kier alpha value is -1.26. The van der Waals surface area contributed by atoms with E-state index >= 15 is 0 Å². The van der Waals surface area contributed by atoms with Gasteiger partial charge in [-0.15, -0.1) is 0 Å². The summed E-state index contributed by atoms with van der Waals surface area (Å²) in [5, 5.41) is 0.0550. The molecule has 0 saturated heterocycles. The van der Waals surface area contributed by atoms with E-state index in [0.29, 0.717) is 22.5 Å². The fourth-order valence-corrected chi connectivity index (χ4v) is 2.38. The lowest BCUT2D eigenvalue weighted by atomic mass is 10.1. The van der Waals surface area contributed by atoms with Gasteiger partial charge in [-0.25, -0.2) is 4.39 Å². The molecule has 0 aliphatic heterocycles. The van der Waals surface area contributed by atoms with Gasteiger partial charge < -0.3 is 10.5 Å². The van der Waals surface area contributed by atoms with Crippen molar-refractivity contribution in [2.75, 3.05) is 5.73 Å². The second kappa shape index (κ2) is 5.80. The molecular formula is C14H12BrClFNO. The standard InChI is InChI=1S/C14H12BrClFNO/c1-8-9(3-2-4-13(8)18)7-19-14-6-12(17)11(16)5-10(14)15/h2-6H,7,18H2,1H3. The van der Waals surface area contributed by atoms with Gasteiger partial charge in [-0.1, -0.05) is 23.7 Å². The normalized spacial score (nSPS) is 10.5. The van der Waals surface area contributed by atoms with Crippen molar-refractivity contribution in [3.8, 4) is 5.75 Å². The van der Waals surface area contributed by atoms with E-state index in [0.717, 1.165) is 11.1 Å². The van der Waals surface area contributed by atoms with Crippen molar-refractivity contribution in [1.82, 2.24) is 0 Å². The minimum absolute atomic E-state index is 0.0550. The minimum atomic E-state index is -0.510. The van der Waals surface area contributed by atoms with Gasteiger partial charge in [-0.05, 0) is 46.1 Å². The van der Waals surface area contributed by atoms with E-state index in [-0.39, 0.29) is 5.02 Å². The molecule has 0 amide bonds. The maximum Gasteiger partial charge on any atom is 0.145 e. The zero-order valence-electron chi connectivity index (χ0n) is 10.2. The topological polar surface area (TPSA) is 35.2 Å². The molecule has 0 aliphatic rings. The van der Waals surface area contributed by atoms with Crippen molar-refractivity contribution < 1.29 is 9.13 Å². The zero-order chi connectivity index (χ0) is 14.0. The van der Waals surface area contributed by atoms with Crippen molar-refractivity contribution >= 4 is 33.2 Å². The molecule has 2 aromatic carbocycles. The lowest BCUT2D eigenvalue weighted by molar-refractivity contribution is 0.302. The molecule has 0 saturated carbocycles. The molecule has 0 bridgehead atoms. The Morgan fingerprint density at radius 2 is 2.11 bits per heavy atom. The summed E-state index contributed by atoms with van der Waals surface area (Å²) >= 11 is 8.96. The Balaban J connectivity index is 2.19. The van der Waals surface area contributed by atoms with Crippen LogP contribution in [0, 0.1) is 12.7 Å². The summed E-state index contributed by atoms with van der Waals surface area (Å²) < 4.78 is 19.6. The molecule has 0 unspecified atom stereocenters. The predicted molar refractivity (Wildman–Crippen MR) is 79.0 cm³/mol. The van der Waals surface area contributed by atoms with Gasteiger partial charge in [0, 0.05) is 11.8 Å². The highest BCUT2D eigenvalue weighted by atomic mass is 79.9. The second-order valence-corrected chi connectivity index (χ2v) is 5.38. The van der Waals surface area contributed by atoms with Crippen LogP contribution in [0.25, 0.3) is 0 Å². The summed E-state index contributed by atoms with van der Waals surface area (Å²) in [6, 6.07) is 8.34. The van der Waals surface area contributed by atoms with E-state index < -0.39 is 5.82 Å². The van der Waals surface area contributed by atoms with E-state index in [1.165, 1.54) is 12.1 Å². The van der Waals surface area contributed by atoms with Crippen molar-refractivity contribution in [2.45, 2.75) is 13.5 Å². The van der Waals surface area contributed by atoms with Crippen LogP contribution in [0.1, 0.15) is 11.1 Å². The van der Waals surface area contributed by atoms with Crippen molar-refractivity contribution in [2.24, 2.45) is 0 Å². The third kappa shape index (κ3) is 3.19. The lowest BCUT2D eigenvalue weighted by Crippen LogP contribution is -2.01. The summed E-state index contributed by atoms with van der Waals surface area (Å²) in [5.41, 5.74) is 8.46. The van der Waals surface area contributed by atoms with Crippen LogP contribution in [0.4, 0.5) is 10.1 Å². The molecule has 0 fully saturated rings. The highest BCUT2D eigenvalue weighted by molar-refractivity contribution is 9.10. The van der Waals surface area contributed by atoms with Gasteiger partial charge in [0.15, 0.2) is 0 Å². The van der Waals surface area contributed by atoms with Gasteiger partial charge in [0.1, 0.15) is 18.2 Å². The Morgan fingerprint density at radius 1 is 1.37 bits per heavy atom. The minimum Gasteiger partial charge on any atom is -0.488 e. The molecule has 0 heterocycles. The molecule has 5 heteroatoms. The Labute approximate surface area is 124 Å². The van der Waals surface area contributed by atoms with Crippen LogP contribution >= 0.6 is 27.5 Å². The molecule has 0 aromatic heterocycles. The SMILES string of the molecule is Cc1c(N)cccc1COc1cc(F)c(Cl)cc1Br. The van der Waals surface area contributed by atoms with E-state index in [1.54, 1.807) is 0 Å². The number of hydrogen-bond acceptors (Lipinski definition) is 2. The summed E-state index contributed by atoms with van der Waals surface area (Å²) in [6.45, 7) is 2.24. The van der Waals surface area contributed by atoms with Crippen LogP contribution in [0.15, 0.2) is 34.8 Å². The van der Waals surface area contributed by atoms with E-state index in [2.05, 4.69) is 15.9 Å². The summed E-state index contributed by atoms with van der Waals surface area (Å²) in [6.07, 6.45) is 0. The first kappa shape index (κ1) is 14.2. The van der Waals surface area contributed by atoms with Gasteiger partial charge in [-0.2, -0.15) is 0 Å². The molecule has 2 N–H and O–H groups in total. The maximum absolute atomic E-state index is 13.4. The van der Waals surface area contributed by atoms with Crippen LogP contribution < -0.4 is 10.5 Å². The Kier molecular flexibility index (Phi) is 4.32. The number of halogens is 3. The van der Waals surface area contributed by atoms with Crippen LogP contribution in [0.2, 0.25) is 5.02 Å². The highest BCUT2D eigenvalue weighted by Gasteiger charge is 2.09. The van der Waals surface area contributed by atoms with Gasteiger partial charge in [-0.3, -0.25) is 0 Å². The van der Waals surface area contributed by atoms with Crippen molar-refractivity contribution in [3.05, 3.63) is 56.8 Å². The van der Waals surface area contributed by atoms with E-state index in [1.807, 2.05) is 25.1 Å². The number of anilines is 1. The lowest BCUT2D eigenvalue weighted by Gasteiger charge is -2.12. The zero-order valence-corrected chi connectivity index (χ0v) is 12.6. The molecule has 0 spiro atoms. The fraction of sp³-hybridized carbons (Fsp3) is 0.143.